The summed E-state index contributed by atoms with van der Waals surface area (Å²) in [4.78, 5) is 0. The summed E-state index contributed by atoms with van der Waals surface area (Å²) in [7, 11) is 0. The Hall–Kier alpha value is -0.240. The minimum absolute atomic E-state index is 1.48. The van der Waals surface area contributed by atoms with Crippen LogP contribution in [0.15, 0.2) is 0 Å². The van der Waals surface area contributed by atoms with Crippen LogP contribution in [0.1, 0.15) is 0 Å². The lowest BCUT2D eigenvalue weighted by Crippen LogP contribution is -2.20. The Bertz CT molecular complexity index is 143. The second-order valence-electron chi connectivity index (χ2n) is 1.36. The molecule has 11 heavy (non-hydrogen) atoms. The van der Waals surface area contributed by atoms with E-state index in [4.69, 9.17) is 0 Å². The van der Waals surface area contributed by atoms with Gasteiger partial charge in [-0.2, -0.15) is 13.2 Å². The van der Waals surface area contributed by atoms with Gasteiger partial charge in [0.15, 0.2) is 0 Å². The van der Waals surface area contributed by atoms with E-state index < -0.39 is 29.6 Å². The van der Waals surface area contributed by atoms with Crippen LogP contribution < -0.4 is 0 Å². The van der Waals surface area contributed by atoms with Crippen molar-refractivity contribution < 1.29 is 30.3 Å². The Morgan fingerprint density at radius 3 is 2.09 bits per heavy atom. The van der Waals surface area contributed by atoms with Crippen molar-refractivity contribution in [3.05, 3.63) is 0 Å². The van der Waals surface area contributed by atoms with E-state index in [0.29, 0.717) is 0 Å². The lowest BCUT2D eigenvalue weighted by atomic mass is 10.8. The molecule has 0 aliphatic rings. The predicted molar refractivity (Wildman–Crippen MR) is 26.2 cm³/mol. The molecule has 0 saturated carbocycles. The lowest BCUT2D eigenvalue weighted by Gasteiger charge is -2.04. The summed E-state index contributed by atoms with van der Waals surface area (Å²) >= 11 is -3.64. The van der Waals surface area contributed by atoms with Crippen molar-refractivity contribution in [2.24, 2.45) is 0 Å². The first-order chi connectivity index (χ1) is 4.84. The highest BCUT2D eigenvalue weighted by Gasteiger charge is 2.39. The molecule has 0 aliphatic carbocycles. The normalized spacial score (nSPS) is 15.5. The summed E-state index contributed by atoms with van der Waals surface area (Å²) in [5.41, 5.74) is -5.09. The molecule has 0 aromatic rings. The molecule has 0 saturated heterocycles. The lowest BCUT2D eigenvalue weighted by molar-refractivity contribution is -0.0499. The highest BCUT2D eigenvalue weighted by atomic mass is 32.2. The van der Waals surface area contributed by atoms with Crippen LogP contribution in [-0.2, 0) is 15.3 Å². The van der Waals surface area contributed by atoms with Crippen molar-refractivity contribution in [3.63, 3.8) is 0 Å². The molecule has 0 amide bonds. The van der Waals surface area contributed by atoms with Gasteiger partial charge in [-0.05, 0) is 0 Å². The Kier molecular flexibility index (Phi) is 3.87. The zero-order valence-corrected chi connectivity index (χ0v) is 5.72. The zero-order chi connectivity index (χ0) is 9.07. The molecule has 1 unspecified atom stereocenters. The number of hydrogen-bond donors (Lipinski definition) is 0. The maximum absolute atomic E-state index is 11.2. The van der Waals surface area contributed by atoms with Crippen LogP contribution in [0.25, 0.3) is 0 Å². The highest BCUT2D eigenvalue weighted by molar-refractivity contribution is 7.81. The van der Waals surface area contributed by atoms with Crippen LogP contribution in [0.3, 0.4) is 0 Å². The molecule has 8 heteroatoms. The maximum Gasteiger partial charge on any atom is 0.497 e. The fourth-order valence-electron chi connectivity index (χ4n) is 0.180. The highest BCUT2D eigenvalue weighted by Crippen LogP contribution is 2.20. The molecule has 0 bridgehead atoms. The SMILES string of the molecule is O=S(OCC(F)F)C(F)(F)F. The Balaban J connectivity index is 3.71. The smallest absolute Gasteiger partial charge is 0.278 e. The fraction of sp³-hybridized carbons (Fsp3) is 1.00. The first-order valence-electron chi connectivity index (χ1n) is 2.24. The quantitative estimate of drug-likeness (QED) is 0.641. The third kappa shape index (κ3) is 5.08. The Labute approximate surface area is 61.0 Å². The molecule has 2 nitrogen and oxygen atoms in total. The van der Waals surface area contributed by atoms with Gasteiger partial charge in [0.25, 0.3) is 17.5 Å². The van der Waals surface area contributed by atoms with Crippen molar-refractivity contribution in [1.29, 1.82) is 0 Å². The van der Waals surface area contributed by atoms with Crippen LogP contribution >= 0.6 is 0 Å². The molecule has 0 rings (SSSR count). The zero-order valence-electron chi connectivity index (χ0n) is 4.90. The average Bonchev–Trinajstić information content (AvgIpc) is 1.80. The van der Waals surface area contributed by atoms with E-state index in [1.54, 1.807) is 0 Å². The summed E-state index contributed by atoms with van der Waals surface area (Å²) in [6.45, 7) is -1.48. The van der Waals surface area contributed by atoms with Gasteiger partial charge in [-0.1, -0.05) is 0 Å². The molecule has 0 fully saturated rings. The Morgan fingerprint density at radius 1 is 1.36 bits per heavy atom. The van der Waals surface area contributed by atoms with Crippen LogP contribution in [0.4, 0.5) is 22.0 Å². The fourth-order valence-corrected chi connectivity index (χ4v) is 0.540. The second-order valence-corrected chi connectivity index (χ2v) is 2.52. The largest absolute Gasteiger partial charge is 0.497 e. The van der Waals surface area contributed by atoms with Crippen molar-refractivity contribution in [1.82, 2.24) is 0 Å². The molecule has 0 spiro atoms. The summed E-state index contributed by atoms with van der Waals surface area (Å²) in [5, 5.41) is 0. The molecule has 0 N–H and O–H groups in total. The minimum Gasteiger partial charge on any atom is -0.278 e. The Morgan fingerprint density at radius 2 is 1.82 bits per heavy atom. The molecule has 1 atom stereocenters. The standard InChI is InChI=1S/C3H3F5O2S/c4-2(5)1-10-11(9)3(6,7)8/h2H,1H2. The van der Waals surface area contributed by atoms with Gasteiger partial charge in [-0.25, -0.2) is 13.0 Å². The van der Waals surface area contributed by atoms with Crippen molar-refractivity contribution in [2.45, 2.75) is 11.9 Å². The van der Waals surface area contributed by atoms with Gasteiger partial charge in [0.1, 0.15) is 6.61 Å². The van der Waals surface area contributed by atoms with Gasteiger partial charge in [0.2, 0.25) is 0 Å². The second kappa shape index (κ2) is 3.96. The molecule has 0 radical (unpaired) electrons. The molecule has 0 aromatic carbocycles. The minimum atomic E-state index is -5.09. The number of rotatable bonds is 3. The van der Waals surface area contributed by atoms with Crippen LogP contribution in [-0.4, -0.2) is 22.7 Å². The van der Waals surface area contributed by atoms with Crippen molar-refractivity contribution >= 4 is 11.1 Å². The summed E-state index contributed by atoms with van der Waals surface area (Å²) < 4.78 is 69.1. The molecule has 68 valence electrons. The number of hydrogen-bond acceptors (Lipinski definition) is 2. The molecular weight excluding hydrogens is 195 g/mol. The van der Waals surface area contributed by atoms with E-state index in [-0.39, 0.29) is 0 Å². The van der Waals surface area contributed by atoms with E-state index in [1.165, 1.54) is 0 Å². The maximum atomic E-state index is 11.2. The van der Waals surface area contributed by atoms with Gasteiger partial charge >= 0.3 is 5.51 Å². The van der Waals surface area contributed by atoms with Crippen LogP contribution in [0.5, 0.6) is 0 Å². The summed E-state index contributed by atoms with van der Waals surface area (Å²) in [6.07, 6.45) is -3.05. The predicted octanol–water partition coefficient (Wildman–Crippen LogP) is 1.45. The van der Waals surface area contributed by atoms with E-state index >= 15 is 0 Å². The third-order valence-electron chi connectivity index (χ3n) is 0.490. The van der Waals surface area contributed by atoms with E-state index in [1.807, 2.05) is 0 Å². The summed E-state index contributed by atoms with van der Waals surface area (Å²) in [6, 6.07) is 0. The van der Waals surface area contributed by atoms with Crippen LogP contribution in [0.2, 0.25) is 0 Å². The molecular formula is C3H3F5O2S. The molecule has 0 heterocycles. The first-order valence-corrected chi connectivity index (χ1v) is 3.31. The van der Waals surface area contributed by atoms with Crippen LogP contribution in [0, 0.1) is 0 Å². The van der Waals surface area contributed by atoms with Gasteiger partial charge in [-0.3, -0.25) is 4.18 Å². The molecule has 0 aromatic heterocycles. The number of alkyl halides is 5. The van der Waals surface area contributed by atoms with E-state index in [0.717, 1.165) is 0 Å². The third-order valence-corrected chi connectivity index (χ3v) is 1.22. The van der Waals surface area contributed by atoms with Gasteiger partial charge in [-0.15, -0.1) is 0 Å². The topological polar surface area (TPSA) is 26.3 Å². The van der Waals surface area contributed by atoms with Crippen molar-refractivity contribution in [2.75, 3.05) is 6.61 Å². The van der Waals surface area contributed by atoms with Gasteiger partial charge in [0, 0.05) is 0 Å². The number of halogens is 5. The van der Waals surface area contributed by atoms with E-state index in [2.05, 4.69) is 4.18 Å². The van der Waals surface area contributed by atoms with Gasteiger partial charge in [0.05, 0.1) is 0 Å². The summed E-state index contributed by atoms with van der Waals surface area (Å²) in [5.74, 6) is 0. The average molecular weight is 198 g/mol. The first kappa shape index (κ1) is 10.8. The van der Waals surface area contributed by atoms with Crippen molar-refractivity contribution in [3.8, 4) is 0 Å². The van der Waals surface area contributed by atoms with E-state index in [9.17, 15) is 26.2 Å². The molecule has 0 aliphatic heterocycles. The monoisotopic (exact) mass is 198 g/mol. The van der Waals surface area contributed by atoms with Gasteiger partial charge < -0.3 is 0 Å².